The van der Waals surface area contributed by atoms with Gasteiger partial charge in [-0.2, -0.15) is 0 Å². The third-order valence-corrected chi connectivity index (χ3v) is 4.03. The van der Waals surface area contributed by atoms with E-state index in [0.717, 1.165) is 5.56 Å². The molecule has 0 atom stereocenters. The van der Waals surface area contributed by atoms with Crippen molar-refractivity contribution >= 4 is 18.4 Å². The first-order valence-corrected chi connectivity index (χ1v) is 8.71. The molecule has 7 nitrogen and oxygen atoms in total. The number of aromatic nitrogens is 3. The summed E-state index contributed by atoms with van der Waals surface area (Å²) in [5.74, 6) is 0.429. The third-order valence-electron chi connectivity index (χ3n) is 3.74. The highest BCUT2D eigenvalue weighted by atomic mass is 32.1. The maximum atomic E-state index is 12.2. The molecule has 8 heteroatoms. The van der Waals surface area contributed by atoms with Crippen LogP contribution in [-0.4, -0.2) is 32.5 Å². The van der Waals surface area contributed by atoms with Gasteiger partial charge in [0.15, 0.2) is 4.77 Å². The summed E-state index contributed by atoms with van der Waals surface area (Å²) in [6.45, 7) is 2.79. The Bertz CT molecular complexity index is 1060. The molecule has 0 fully saturated rings. The number of hydrogen-bond acceptors (Lipinski definition) is 6. The highest BCUT2D eigenvalue weighted by molar-refractivity contribution is 7.71. The van der Waals surface area contributed by atoms with Gasteiger partial charge in [0.05, 0.1) is 18.8 Å². The van der Waals surface area contributed by atoms with Crippen LogP contribution in [0.1, 0.15) is 18.1 Å². The number of H-pyrrole nitrogens is 1. The summed E-state index contributed by atoms with van der Waals surface area (Å²) in [6.07, 6.45) is 4.70. The zero-order valence-electron chi connectivity index (χ0n) is 14.6. The first-order valence-electron chi connectivity index (χ1n) is 8.30. The molecule has 0 spiro atoms. The monoisotopic (exact) mass is 382 g/mol. The SMILES string of the molecule is CCOc1ccc(-n2c(O)c(C=NCc3cccnc3)c(=O)[nH]c2=S)cc1. The molecule has 3 aromatic rings. The molecular formula is C19H18N4O3S. The number of aromatic amines is 1. The van der Waals surface area contributed by atoms with Gasteiger partial charge in [0.1, 0.15) is 11.3 Å². The van der Waals surface area contributed by atoms with Gasteiger partial charge in [-0.3, -0.25) is 24.3 Å². The lowest BCUT2D eigenvalue weighted by molar-refractivity contribution is 0.340. The van der Waals surface area contributed by atoms with Crippen molar-refractivity contribution < 1.29 is 9.84 Å². The minimum atomic E-state index is -0.505. The van der Waals surface area contributed by atoms with E-state index >= 15 is 0 Å². The molecule has 0 aliphatic carbocycles. The van der Waals surface area contributed by atoms with Crippen molar-refractivity contribution in [2.75, 3.05) is 6.61 Å². The minimum absolute atomic E-state index is 0.0291. The van der Waals surface area contributed by atoms with Crippen molar-refractivity contribution in [3.8, 4) is 17.3 Å². The largest absolute Gasteiger partial charge is 0.494 e. The summed E-state index contributed by atoms with van der Waals surface area (Å²) in [6, 6.07) is 10.7. The first kappa shape index (κ1) is 18.5. The lowest BCUT2D eigenvalue weighted by atomic mass is 10.2. The average molecular weight is 382 g/mol. The van der Waals surface area contributed by atoms with Crippen molar-refractivity contribution in [1.82, 2.24) is 14.5 Å². The lowest BCUT2D eigenvalue weighted by Crippen LogP contribution is -2.18. The van der Waals surface area contributed by atoms with E-state index in [9.17, 15) is 9.90 Å². The first-order chi connectivity index (χ1) is 13.1. The number of rotatable bonds is 6. The molecule has 0 saturated carbocycles. The van der Waals surface area contributed by atoms with Crippen molar-refractivity contribution in [1.29, 1.82) is 0 Å². The normalized spacial score (nSPS) is 11.0. The quantitative estimate of drug-likeness (QED) is 0.505. The molecule has 0 amide bonds. The molecule has 2 N–H and O–H groups in total. The molecule has 2 aromatic heterocycles. The van der Waals surface area contributed by atoms with Gasteiger partial charge in [-0.05, 0) is 55.0 Å². The topological polar surface area (TPSA) is 92.5 Å². The maximum absolute atomic E-state index is 12.2. The van der Waals surface area contributed by atoms with Crippen molar-refractivity contribution in [2.45, 2.75) is 13.5 Å². The zero-order chi connectivity index (χ0) is 19.2. The van der Waals surface area contributed by atoms with E-state index in [1.165, 1.54) is 10.8 Å². The number of ether oxygens (including phenoxy) is 1. The van der Waals surface area contributed by atoms with Crippen molar-refractivity contribution in [3.05, 3.63) is 75.0 Å². The summed E-state index contributed by atoms with van der Waals surface area (Å²) < 4.78 is 6.88. The van der Waals surface area contributed by atoms with Gasteiger partial charge in [-0.25, -0.2) is 0 Å². The predicted octanol–water partition coefficient (Wildman–Crippen LogP) is 3.01. The summed E-state index contributed by atoms with van der Waals surface area (Å²) in [7, 11) is 0. The van der Waals surface area contributed by atoms with Crippen LogP contribution in [0.25, 0.3) is 5.69 Å². The van der Waals surface area contributed by atoms with Crippen LogP contribution in [0.15, 0.2) is 58.6 Å². The Labute approximate surface area is 160 Å². The van der Waals surface area contributed by atoms with Crippen molar-refractivity contribution in [3.63, 3.8) is 0 Å². The average Bonchev–Trinajstić information content (AvgIpc) is 2.66. The Balaban J connectivity index is 1.95. The molecule has 138 valence electrons. The van der Waals surface area contributed by atoms with Crippen LogP contribution < -0.4 is 10.3 Å². The Hall–Kier alpha value is -3.26. The zero-order valence-corrected chi connectivity index (χ0v) is 15.4. The molecule has 27 heavy (non-hydrogen) atoms. The number of benzene rings is 1. The Kier molecular flexibility index (Phi) is 5.77. The number of aromatic hydroxyl groups is 1. The van der Waals surface area contributed by atoms with E-state index in [1.807, 2.05) is 13.0 Å². The van der Waals surface area contributed by atoms with Crippen LogP contribution in [0.4, 0.5) is 0 Å². The van der Waals surface area contributed by atoms with Gasteiger partial charge < -0.3 is 9.84 Å². The fourth-order valence-corrected chi connectivity index (χ4v) is 2.77. The molecule has 1 aromatic carbocycles. The summed E-state index contributed by atoms with van der Waals surface area (Å²) in [5.41, 5.74) is 1.01. The van der Waals surface area contributed by atoms with E-state index in [-0.39, 0.29) is 16.2 Å². The van der Waals surface area contributed by atoms with Crippen molar-refractivity contribution in [2.24, 2.45) is 4.99 Å². The van der Waals surface area contributed by atoms with Crippen LogP contribution in [0, 0.1) is 4.77 Å². The number of aliphatic imine (C=N–C) groups is 1. The van der Waals surface area contributed by atoms with E-state index in [2.05, 4.69) is 15.0 Å². The van der Waals surface area contributed by atoms with Crippen LogP contribution >= 0.6 is 12.2 Å². The second-order valence-electron chi connectivity index (χ2n) is 5.59. The fraction of sp³-hybridized carbons (Fsp3) is 0.158. The van der Waals surface area contributed by atoms with E-state index in [0.29, 0.717) is 24.6 Å². The number of nitrogens with one attached hydrogen (secondary N) is 1. The van der Waals surface area contributed by atoms with E-state index in [1.54, 1.807) is 42.7 Å². The van der Waals surface area contributed by atoms with Crippen LogP contribution in [0.3, 0.4) is 0 Å². The van der Waals surface area contributed by atoms with Gasteiger partial charge in [-0.15, -0.1) is 0 Å². The lowest BCUT2D eigenvalue weighted by Gasteiger charge is -2.12. The Morgan fingerprint density at radius 3 is 2.78 bits per heavy atom. The smallest absolute Gasteiger partial charge is 0.264 e. The second kappa shape index (κ2) is 8.41. The fourth-order valence-electron chi connectivity index (χ4n) is 2.49. The second-order valence-corrected chi connectivity index (χ2v) is 5.98. The number of nitrogens with zero attached hydrogens (tertiary/aromatic N) is 3. The molecule has 3 rings (SSSR count). The molecule has 0 bridgehead atoms. The summed E-state index contributed by atoms with van der Waals surface area (Å²) >= 11 is 5.21. The molecule has 0 radical (unpaired) electrons. The van der Waals surface area contributed by atoms with E-state index < -0.39 is 5.56 Å². The van der Waals surface area contributed by atoms with Gasteiger partial charge in [-0.1, -0.05) is 6.07 Å². The summed E-state index contributed by atoms with van der Waals surface area (Å²) in [5, 5.41) is 10.6. The molecule has 2 heterocycles. The van der Waals surface area contributed by atoms with Crippen LogP contribution in [0.2, 0.25) is 0 Å². The molecular weight excluding hydrogens is 364 g/mol. The molecule has 0 unspecified atom stereocenters. The Morgan fingerprint density at radius 2 is 2.11 bits per heavy atom. The van der Waals surface area contributed by atoms with Gasteiger partial charge in [0, 0.05) is 18.6 Å². The third kappa shape index (κ3) is 4.29. The highest BCUT2D eigenvalue weighted by Crippen LogP contribution is 2.21. The molecule has 0 aliphatic heterocycles. The van der Waals surface area contributed by atoms with Crippen LogP contribution in [-0.2, 0) is 6.54 Å². The standard InChI is InChI=1S/C19H18N4O3S/c1-2-26-15-7-5-14(6-8-15)23-18(25)16(17(24)22-19(23)27)12-21-11-13-4-3-9-20-10-13/h3-10,12,25H,2,11H2,1H3,(H,22,24,27). The molecule has 0 aliphatic rings. The van der Waals surface area contributed by atoms with Gasteiger partial charge in [0.25, 0.3) is 5.56 Å². The predicted molar refractivity (Wildman–Crippen MR) is 106 cm³/mol. The molecule has 0 saturated heterocycles. The van der Waals surface area contributed by atoms with Crippen LogP contribution in [0.5, 0.6) is 11.6 Å². The summed E-state index contributed by atoms with van der Waals surface area (Å²) in [4.78, 5) is 23.0. The minimum Gasteiger partial charge on any atom is -0.494 e. The van der Waals surface area contributed by atoms with E-state index in [4.69, 9.17) is 17.0 Å². The van der Waals surface area contributed by atoms with Gasteiger partial charge >= 0.3 is 0 Å². The number of hydrogen-bond donors (Lipinski definition) is 2. The van der Waals surface area contributed by atoms with Gasteiger partial charge in [0.2, 0.25) is 5.88 Å². The highest BCUT2D eigenvalue weighted by Gasteiger charge is 2.12. The number of pyridine rings is 1. The Morgan fingerprint density at radius 1 is 1.33 bits per heavy atom. The maximum Gasteiger partial charge on any atom is 0.264 e.